The van der Waals surface area contributed by atoms with Gasteiger partial charge in [0, 0.05) is 35.5 Å². The fraction of sp³-hybridized carbons (Fsp3) is 0.0909. The van der Waals surface area contributed by atoms with Gasteiger partial charge in [0.2, 0.25) is 0 Å². The minimum atomic E-state index is -0.229. The zero-order valence-corrected chi connectivity index (χ0v) is 14.3. The zero-order chi connectivity index (χ0) is 17.4. The van der Waals surface area contributed by atoms with Crippen LogP contribution in [0.15, 0.2) is 72.9 Å². The molecule has 0 aliphatic heterocycles. The van der Waals surface area contributed by atoms with E-state index >= 15 is 0 Å². The van der Waals surface area contributed by atoms with Crippen molar-refractivity contribution in [2.75, 3.05) is 5.32 Å². The molecule has 0 saturated carbocycles. The fourth-order valence-electron chi connectivity index (χ4n) is 3.09. The van der Waals surface area contributed by atoms with Crippen LogP contribution in [0.25, 0.3) is 22.0 Å². The molecule has 2 nitrogen and oxygen atoms in total. The van der Waals surface area contributed by atoms with Gasteiger partial charge in [0.15, 0.2) is 0 Å². The molecule has 3 heteroatoms. The number of fused-ring (bicyclic) bond motifs is 1. The molecule has 4 aromatic rings. The van der Waals surface area contributed by atoms with Crippen molar-refractivity contribution in [3.63, 3.8) is 0 Å². The lowest BCUT2D eigenvalue weighted by Gasteiger charge is -2.12. The normalized spacial score (nSPS) is 11.0. The van der Waals surface area contributed by atoms with E-state index in [1.807, 2.05) is 0 Å². The van der Waals surface area contributed by atoms with Gasteiger partial charge >= 0.3 is 0 Å². The molecule has 25 heavy (non-hydrogen) atoms. The number of nitrogens with one attached hydrogen (secondary N) is 1. The van der Waals surface area contributed by atoms with Crippen molar-refractivity contribution in [2.24, 2.45) is 7.05 Å². The summed E-state index contributed by atoms with van der Waals surface area (Å²) in [6, 6.07) is 21.4. The van der Waals surface area contributed by atoms with Crippen LogP contribution in [0.2, 0.25) is 0 Å². The molecular weight excluding hydrogens is 311 g/mol. The highest BCUT2D eigenvalue weighted by atomic mass is 19.1. The van der Waals surface area contributed by atoms with Crippen molar-refractivity contribution in [3.05, 3.63) is 84.3 Å². The van der Waals surface area contributed by atoms with Crippen molar-refractivity contribution in [2.45, 2.75) is 6.92 Å². The fourth-order valence-corrected chi connectivity index (χ4v) is 3.09. The summed E-state index contributed by atoms with van der Waals surface area (Å²) in [5, 5.41) is 4.61. The third kappa shape index (κ3) is 3.01. The van der Waals surface area contributed by atoms with Gasteiger partial charge in [-0.25, -0.2) is 4.39 Å². The van der Waals surface area contributed by atoms with Crippen LogP contribution in [0, 0.1) is 12.7 Å². The van der Waals surface area contributed by atoms with Gasteiger partial charge in [-0.05, 0) is 72.1 Å². The summed E-state index contributed by atoms with van der Waals surface area (Å²) in [6.45, 7) is 2.07. The van der Waals surface area contributed by atoms with Gasteiger partial charge in [-0.2, -0.15) is 0 Å². The summed E-state index contributed by atoms with van der Waals surface area (Å²) in [6.07, 6.45) is 2.07. The van der Waals surface area contributed by atoms with E-state index < -0.39 is 0 Å². The maximum atomic E-state index is 13.1. The Hall–Kier alpha value is -3.07. The molecule has 0 aliphatic rings. The van der Waals surface area contributed by atoms with E-state index in [2.05, 4.69) is 72.5 Å². The molecule has 3 aromatic carbocycles. The average Bonchev–Trinajstić information content (AvgIpc) is 2.99. The minimum absolute atomic E-state index is 0.229. The molecule has 1 aromatic heterocycles. The molecule has 1 N–H and O–H groups in total. The van der Waals surface area contributed by atoms with Gasteiger partial charge in [-0.1, -0.05) is 18.2 Å². The zero-order valence-electron chi connectivity index (χ0n) is 14.3. The molecule has 0 atom stereocenters. The summed E-state index contributed by atoms with van der Waals surface area (Å²) in [7, 11) is 2.05. The third-order valence-electron chi connectivity index (χ3n) is 4.58. The number of aryl methyl sites for hydroxylation is 2. The van der Waals surface area contributed by atoms with Crippen LogP contribution >= 0.6 is 0 Å². The lowest BCUT2D eigenvalue weighted by Crippen LogP contribution is -1.94. The van der Waals surface area contributed by atoms with Crippen molar-refractivity contribution >= 4 is 22.3 Å². The maximum absolute atomic E-state index is 13.1. The number of aromatic nitrogens is 1. The number of hydrogen-bond acceptors (Lipinski definition) is 1. The molecule has 0 radical (unpaired) electrons. The predicted molar refractivity (Wildman–Crippen MR) is 103 cm³/mol. The van der Waals surface area contributed by atoms with Crippen molar-refractivity contribution in [1.29, 1.82) is 0 Å². The van der Waals surface area contributed by atoms with Gasteiger partial charge in [0.25, 0.3) is 0 Å². The van der Waals surface area contributed by atoms with Crippen LogP contribution in [0.3, 0.4) is 0 Å². The Morgan fingerprint density at radius 1 is 0.840 bits per heavy atom. The van der Waals surface area contributed by atoms with E-state index in [4.69, 9.17) is 0 Å². The number of rotatable bonds is 3. The molecule has 0 unspecified atom stereocenters. The van der Waals surface area contributed by atoms with Crippen molar-refractivity contribution in [1.82, 2.24) is 4.57 Å². The van der Waals surface area contributed by atoms with Crippen LogP contribution in [-0.4, -0.2) is 4.57 Å². The number of nitrogens with zero attached hydrogens (tertiary/aromatic N) is 1. The highest BCUT2D eigenvalue weighted by Crippen LogP contribution is 2.30. The van der Waals surface area contributed by atoms with Crippen LogP contribution in [0.4, 0.5) is 15.8 Å². The van der Waals surface area contributed by atoms with E-state index in [1.54, 1.807) is 12.1 Å². The summed E-state index contributed by atoms with van der Waals surface area (Å²) in [4.78, 5) is 0. The van der Waals surface area contributed by atoms with Gasteiger partial charge in [0.1, 0.15) is 5.82 Å². The standard InChI is InChI=1S/C22H19FN2/c1-15-3-4-17(14-21(15)24-20-8-6-19(23)7-9-20)16-5-10-22-18(13-16)11-12-25(22)2/h3-14,24H,1-2H3. The second-order valence-corrected chi connectivity index (χ2v) is 6.36. The van der Waals surface area contributed by atoms with E-state index in [9.17, 15) is 4.39 Å². The first-order valence-corrected chi connectivity index (χ1v) is 8.29. The Kier molecular flexibility index (Phi) is 3.77. The van der Waals surface area contributed by atoms with Crippen LogP contribution in [-0.2, 0) is 7.05 Å². The summed E-state index contributed by atoms with van der Waals surface area (Å²) >= 11 is 0. The Morgan fingerprint density at radius 2 is 1.56 bits per heavy atom. The monoisotopic (exact) mass is 330 g/mol. The van der Waals surface area contributed by atoms with Crippen molar-refractivity contribution in [3.8, 4) is 11.1 Å². The molecule has 0 amide bonds. The number of hydrogen-bond donors (Lipinski definition) is 1. The second-order valence-electron chi connectivity index (χ2n) is 6.36. The number of benzene rings is 3. The van der Waals surface area contributed by atoms with Gasteiger partial charge < -0.3 is 9.88 Å². The Balaban J connectivity index is 1.71. The van der Waals surface area contributed by atoms with E-state index in [1.165, 1.54) is 28.6 Å². The first kappa shape index (κ1) is 15.5. The summed E-state index contributed by atoms with van der Waals surface area (Å²) in [5.41, 5.74) is 6.61. The Bertz CT molecular complexity index is 1050. The Labute approximate surface area is 146 Å². The van der Waals surface area contributed by atoms with Crippen LogP contribution in [0.1, 0.15) is 5.56 Å². The summed E-state index contributed by atoms with van der Waals surface area (Å²) in [5.74, 6) is -0.229. The molecule has 0 spiro atoms. The van der Waals surface area contributed by atoms with Gasteiger partial charge in [-0.3, -0.25) is 0 Å². The highest BCUT2D eigenvalue weighted by molar-refractivity contribution is 5.86. The highest BCUT2D eigenvalue weighted by Gasteiger charge is 2.06. The molecule has 4 rings (SSSR count). The topological polar surface area (TPSA) is 17.0 Å². The minimum Gasteiger partial charge on any atom is -0.355 e. The second kappa shape index (κ2) is 6.10. The van der Waals surface area contributed by atoms with E-state index in [-0.39, 0.29) is 5.82 Å². The molecule has 124 valence electrons. The smallest absolute Gasteiger partial charge is 0.123 e. The van der Waals surface area contributed by atoms with E-state index in [0.29, 0.717) is 0 Å². The molecule has 1 heterocycles. The first-order chi connectivity index (χ1) is 12.1. The van der Waals surface area contributed by atoms with E-state index in [0.717, 1.165) is 22.5 Å². The lowest BCUT2D eigenvalue weighted by molar-refractivity contribution is 0.628. The number of halogens is 1. The van der Waals surface area contributed by atoms with Gasteiger partial charge in [0.05, 0.1) is 0 Å². The summed E-state index contributed by atoms with van der Waals surface area (Å²) < 4.78 is 15.2. The van der Waals surface area contributed by atoms with Crippen LogP contribution < -0.4 is 5.32 Å². The lowest BCUT2D eigenvalue weighted by atomic mass is 10.0. The molecule has 0 saturated heterocycles. The quantitative estimate of drug-likeness (QED) is 0.485. The van der Waals surface area contributed by atoms with Crippen molar-refractivity contribution < 1.29 is 4.39 Å². The molecule has 0 fully saturated rings. The first-order valence-electron chi connectivity index (χ1n) is 8.29. The SMILES string of the molecule is Cc1ccc(-c2ccc3c(ccn3C)c2)cc1Nc1ccc(F)cc1. The third-order valence-corrected chi connectivity index (χ3v) is 4.58. The largest absolute Gasteiger partial charge is 0.355 e. The average molecular weight is 330 g/mol. The molecule has 0 bridgehead atoms. The van der Waals surface area contributed by atoms with Gasteiger partial charge in [-0.15, -0.1) is 0 Å². The Morgan fingerprint density at radius 3 is 2.36 bits per heavy atom. The maximum Gasteiger partial charge on any atom is 0.123 e. The molecular formula is C22H19FN2. The number of anilines is 2. The van der Waals surface area contributed by atoms with Crippen LogP contribution in [0.5, 0.6) is 0 Å². The predicted octanol–water partition coefficient (Wildman–Crippen LogP) is 6.04. The molecule has 0 aliphatic carbocycles.